The lowest BCUT2D eigenvalue weighted by molar-refractivity contribution is 1.29. The number of rotatable bonds is 0. The molecule has 0 aliphatic rings. The minimum atomic E-state index is 0.149. The third-order valence-electron chi connectivity index (χ3n) is 2.89. The zero-order valence-corrected chi connectivity index (χ0v) is 8.88. The SMILES string of the molecule is N#CC(C#N)=c1ccc2cccc3ccc1n23. The van der Waals surface area contributed by atoms with Crippen molar-refractivity contribution < 1.29 is 0 Å². The second kappa shape index (κ2) is 3.37. The molecule has 0 aliphatic carbocycles. The molecule has 0 aliphatic heterocycles. The number of hydrogen-bond donors (Lipinski definition) is 0. The molecule has 0 spiro atoms. The average molecular weight is 217 g/mol. The van der Waals surface area contributed by atoms with E-state index in [0.717, 1.165) is 16.6 Å². The van der Waals surface area contributed by atoms with Crippen molar-refractivity contribution in [2.75, 3.05) is 0 Å². The van der Waals surface area contributed by atoms with Gasteiger partial charge in [0, 0.05) is 16.3 Å². The molecule has 0 saturated carbocycles. The van der Waals surface area contributed by atoms with E-state index in [1.54, 1.807) is 0 Å². The van der Waals surface area contributed by atoms with Crippen molar-refractivity contribution in [2.24, 2.45) is 0 Å². The first kappa shape index (κ1) is 9.45. The Labute approximate surface area is 97.4 Å². The largest absolute Gasteiger partial charge is 0.310 e. The van der Waals surface area contributed by atoms with E-state index < -0.39 is 0 Å². The molecular formula is C14H7N3. The Balaban J connectivity index is 2.67. The first-order chi connectivity index (χ1) is 8.35. The van der Waals surface area contributed by atoms with Crippen LogP contribution in [0.2, 0.25) is 0 Å². The number of hydrogen-bond acceptors (Lipinski definition) is 2. The summed E-state index contributed by atoms with van der Waals surface area (Å²) in [5.41, 5.74) is 3.17. The fraction of sp³-hybridized carbons (Fsp3) is 0. The van der Waals surface area contributed by atoms with Crippen LogP contribution in [-0.2, 0) is 0 Å². The lowest BCUT2D eigenvalue weighted by Crippen LogP contribution is -2.08. The quantitative estimate of drug-likeness (QED) is 0.578. The molecule has 0 radical (unpaired) electrons. The molecule has 0 bridgehead atoms. The maximum Gasteiger partial charge on any atom is 0.138 e. The van der Waals surface area contributed by atoms with E-state index in [2.05, 4.69) is 0 Å². The van der Waals surface area contributed by atoms with Crippen molar-refractivity contribution in [2.45, 2.75) is 0 Å². The summed E-state index contributed by atoms with van der Waals surface area (Å²) >= 11 is 0. The molecule has 0 unspecified atom stereocenters. The summed E-state index contributed by atoms with van der Waals surface area (Å²) < 4.78 is 2.05. The molecule has 17 heavy (non-hydrogen) atoms. The zero-order valence-electron chi connectivity index (χ0n) is 8.88. The van der Waals surface area contributed by atoms with Gasteiger partial charge in [-0.25, -0.2) is 0 Å². The highest BCUT2D eigenvalue weighted by molar-refractivity contribution is 5.81. The van der Waals surface area contributed by atoms with Crippen molar-refractivity contribution in [3.05, 3.63) is 47.7 Å². The van der Waals surface area contributed by atoms with Crippen LogP contribution >= 0.6 is 0 Å². The molecule has 0 amide bonds. The van der Waals surface area contributed by atoms with Crippen LogP contribution in [0.4, 0.5) is 0 Å². The van der Waals surface area contributed by atoms with E-state index in [1.807, 2.05) is 59.0 Å². The van der Waals surface area contributed by atoms with E-state index in [9.17, 15) is 0 Å². The molecular weight excluding hydrogens is 210 g/mol. The molecule has 0 fully saturated rings. The zero-order chi connectivity index (χ0) is 11.8. The van der Waals surface area contributed by atoms with E-state index in [4.69, 9.17) is 10.5 Å². The highest BCUT2D eigenvalue weighted by Crippen LogP contribution is 2.14. The van der Waals surface area contributed by atoms with Gasteiger partial charge in [-0.2, -0.15) is 10.5 Å². The maximum absolute atomic E-state index is 8.95. The van der Waals surface area contributed by atoms with Crippen LogP contribution in [0.15, 0.2) is 42.5 Å². The smallest absolute Gasteiger partial charge is 0.138 e. The van der Waals surface area contributed by atoms with E-state index in [1.165, 1.54) is 0 Å². The summed E-state index contributed by atoms with van der Waals surface area (Å²) in [4.78, 5) is 0. The Morgan fingerprint density at radius 3 is 2.18 bits per heavy atom. The average Bonchev–Trinajstić information content (AvgIpc) is 2.80. The van der Waals surface area contributed by atoms with Crippen molar-refractivity contribution in [3.8, 4) is 12.1 Å². The molecule has 3 heterocycles. The Morgan fingerprint density at radius 2 is 1.53 bits per heavy atom. The Kier molecular flexibility index (Phi) is 1.87. The Hall–Kier alpha value is -2.78. The van der Waals surface area contributed by atoms with Crippen LogP contribution in [0.1, 0.15) is 0 Å². The fourth-order valence-corrected chi connectivity index (χ4v) is 2.14. The lowest BCUT2D eigenvalue weighted by Gasteiger charge is -2.02. The standard InChI is InChI=1S/C14H7N3/c15-8-10(9-16)13-6-4-11-2-1-3-12-5-7-14(13)17(11)12/h1-7H. The third-order valence-corrected chi connectivity index (χ3v) is 2.89. The number of nitrogens with zero attached hydrogens (tertiary/aromatic N) is 3. The van der Waals surface area contributed by atoms with Gasteiger partial charge in [-0.1, -0.05) is 6.07 Å². The summed E-state index contributed by atoms with van der Waals surface area (Å²) in [6.07, 6.45) is 0. The monoisotopic (exact) mass is 217 g/mol. The van der Waals surface area contributed by atoms with Gasteiger partial charge in [-0.15, -0.1) is 0 Å². The van der Waals surface area contributed by atoms with Crippen LogP contribution in [0.5, 0.6) is 0 Å². The van der Waals surface area contributed by atoms with Crippen LogP contribution in [0.3, 0.4) is 0 Å². The summed E-state index contributed by atoms with van der Waals surface area (Å²) in [5.74, 6) is 0. The normalized spacial score (nSPS) is 10.2. The van der Waals surface area contributed by atoms with Crippen molar-refractivity contribution >= 4 is 22.1 Å². The molecule has 3 aromatic heterocycles. The highest BCUT2D eigenvalue weighted by atomic mass is 14.9. The second-order valence-corrected chi connectivity index (χ2v) is 3.78. The van der Waals surface area contributed by atoms with Crippen molar-refractivity contribution in [1.82, 2.24) is 4.40 Å². The number of pyridine rings is 2. The fourth-order valence-electron chi connectivity index (χ4n) is 2.14. The van der Waals surface area contributed by atoms with Gasteiger partial charge >= 0.3 is 0 Å². The first-order valence-electron chi connectivity index (χ1n) is 5.18. The van der Waals surface area contributed by atoms with Gasteiger partial charge in [-0.05, 0) is 36.4 Å². The van der Waals surface area contributed by atoms with Crippen molar-refractivity contribution in [1.29, 1.82) is 10.5 Å². The highest BCUT2D eigenvalue weighted by Gasteiger charge is 2.05. The van der Waals surface area contributed by atoms with Gasteiger partial charge in [0.15, 0.2) is 0 Å². The summed E-state index contributed by atoms with van der Waals surface area (Å²) in [7, 11) is 0. The van der Waals surface area contributed by atoms with Crippen LogP contribution in [0.25, 0.3) is 22.1 Å². The number of nitriles is 2. The summed E-state index contributed by atoms with van der Waals surface area (Å²) in [6.45, 7) is 0. The topological polar surface area (TPSA) is 52.0 Å². The summed E-state index contributed by atoms with van der Waals surface area (Å²) in [5, 5.41) is 18.6. The second-order valence-electron chi connectivity index (χ2n) is 3.78. The van der Waals surface area contributed by atoms with E-state index >= 15 is 0 Å². The van der Waals surface area contributed by atoms with Crippen LogP contribution in [0, 0.1) is 22.7 Å². The lowest BCUT2D eigenvalue weighted by atomic mass is 10.2. The van der Waals surface area contributed by atoms with Gasteiger partial charge in [0.25, 0.3) is 0 Å². The molecule has 3 rings (SSSR count). The molecule has 0 N–H and O–H groups in total. The maximum atomic E-state index is 8.95. The molecule has 0 atom stereocenters. The van der Waals surface area contributed by atoms with Gasteiger partial charge in [0.05, 0.1) is 5.52 Å². The molecule has 0 aromatic carbocycles. The Morgan fingerprint density at radius 1 is 0.882 bits per heavy atom. The summed E-state index contributed by atoms with van der Waals surface area (Å²) in [6, 6.07) is 17.5. The minimum absolute atomic E-state index is 0.149. The minimum Gasteiger partial charge on any atom is -0.310 e. The van der Waals surface area contributed by atoms with E-state index in [0.29, 0.717) is 5.22 Å². The first-order valence-corrected chi connectivity index (χ1v) is 5.18. The van der Waals surface area contributed by atoms with Gasteiger partial charge in [-0.3, -0.25) is 0 Å². The molecule has 0 saturated heterocycles. The van der Waals surface area contributed by atoms with Crippen LogP contribution < -0.4 is 5.22 Å². The van der Waals surface area contributed by atoms with Gasteiger partial charge in [0.1, 0.15) is 17.7 Å². The Bertz CT molecular complexity index is 841. The van der Waals surface area contributed by atoms with Gasteiger partial charge < -0.3 is 4.40 Å². The molecule has 78 valence electrons. The third kappa shape index (κ3) is 1.20. The molecule has 3 nitrogen and oxygen atoms in total. The molecule has 3 heteroatoms. The predicted molar refractivity (Wildman–Crippen MR) is 64.8 cm³/mol. The molecule has 3 aromatic rings. The van der Waals surface area contributed by atoms with Crippen molar-refractivity contribution in [3.63, 3.8) is 0 Å². The van der Waals surface area contributed by atoms with Gasteiger partial charge in [0.2, 0.25) is 0 Å². The predicted octanol–water partition coefficient (Wildman–Crippen LogP) is 2.01. The number of aromatic nitrogens is 1. The van der Waals surface area contributed by atoms with Crippen LogP contribution in [-0.4, -0.2) is 4.40 Å². The van der Waals surface area contributed by atoms with E-state index in [-0.39, 0.29) is 5.57 Å².